The molecule has 0 fully saturated rings. The van der Waals surface area contributed by atoms with Crippen molar-refractivity contribution in [3.05, 3.63) is 22.5 Å². The molecule has 0 aliphatic rings. The number of carboxylic acids is 1. The van der Waals surface area contributed by atoms with Crippen LogP contribution < -0.4 is 4.74 Å². The van der Waals surface area contributed by atoms with Crippen LogP contribution in [0.25, 0.3) is 0 Å². The number of nitrogens with zero attached hydrogens (tertiary/aromatic N) is 1. The molecule has 0 aliphatic heterocycles. The number of carbonyl (C=O) groups is 1. The number of rotatable bonds is 4. The molecule has 1 heterocycles. The van der Waals surface area contributed by atoms with Crippen LogP contribution in [-0.2, 0) is 11.2 Å². The van der Waals surface area contributed by atoms with Crippen molar-refractivity contribution in [1.82, 2.24) is 4.98 Å². The van der Waals surface area contributed by atoms with E-state index in [0.717, 1.165) is 0 Å². The molecule has 0 aromatic carbocycles. The first kappa shape index (κ1) is 15.4. The number of hydrogen-bond acceptors (Lipinski definition) is 3. The van der Waals surface area contributed by atoms with Gasteiger partial charge in [-0.15, -0.1) is 13.2 Å². The van der Waals surface area contributed by atoms with E-state index < -0.39 is 47.3 Å². The van der Waals surface area contributed by atoms with Crippen LogP contribution in [0, 0.1) is 0 Å². The third-order valence-corrected chi connectivity index (χ3v) is 2.11. The molecule has 106 valence electrons. The summed E-state index contributed by atoms with van der Waals surface area (Å²) in [6.45, 7) is 0. The van der Waals surface area contributed by atoms with Crippen molar-refractivity contribution in [2.45, 2.75) is 19.2 Å². The van der Waals surface area contributed by atoms with Crippen LogP contribution in [0.5, 0.6) is 5.75 Å². The van der Waals surface area contributed by atoms with Crippen molar-refractivity contribution in [2.75, 3.05) is 0 Å². The van der Waals surface area contributed by atoms with E-state index in [1.165, 1.54) is 0 Å². The molecule has 0 radical (unpaired) electrons. The summed E-state index contributed by atoms with van der Waals surface area (Å²) in [6.07, 6.45) is -9.24. The summed E-state index contributed by atoms with van der Waals surface area (Å²) in [5.41, 5.74) is -1.60. The second-order valence-electron chi connectivity index (χ2n) is 3.23. The van der Waals surface area contributed by atoms with Gasteiger partial charge in [-0.25, -0.2) is 13.8 Å². The zero-order valence-electron chi connectivity index (χ0n) is 8.84. The first-order chi connectivity index (χ1) is 8.60. The normalized spacial score (nSPS) is 11.7. The largest absolute Gasteiger partial charge is 0.573 e. The smallest absolute Gasteiger partial charge is 0.481 e. The maximum atomic E-state index is 12.6. The lowest BCUT2D eigenvalue weighted by molar-refractivity contribution is -0.274. The molecule has 0 spiro atoms. The summed E-state index contributed by atoms with van der Waals surface area (Å²) < 4.78 is 64.6. The third-order valence-electron chi connectivity index (χ3n) is 1.84. The van der Waals surface area contributed by atoms with Gasteiger partial charge < -0.3 is 9.84 Å². The van der Waals surface area contributed by atoms with Crippen molar-refractivity contribution in [1.29, 1.82) is 0 Å². The monoisotopic (exact) mass is 305 g/mol. The van der Waals surface area contributed by atoms with Gasteiger partial charge in [0.15, 0.2) is 10.9 Å². The Morgan fingerprint density at radius 1 is 1.47 bits per heavy atom. The second-order valence-corrected chi connectivity index (χ2v) is 3.59. The van der Waals surface area contributed by atoms with Crippen molar-refractivity contribution >= 4 is 17.6 Å². The van der Waals surface area contributed by atoms with E-state index in [2.05, 4.69) is 9.72 Å². The predicted octanol–water partition coefficient (Wildman–Crippen LogP) is 3.20. The van der Waals surface area contributed by atoms with Gasteiger partial charge in [-0.2, -0.15) is 0 Å². The van der Waals surface area contributed by atoms with Gasteiger partial charge in [0.2, 0.25) is 0 Å². The van der Waals surface area contributed by atoms with E-state index in [1.807, 2.05) is 0 Å². The Labute approximate surface area is 107 Å². The van der Waals surface area contributed by atoms with Gasteiger partial charge in [-0.3, -0.25) is 4.79 Å². The molecule has 10 heteroatoms. The van der Waals surface area contributed by atoms with Gasteiger partial charge in [0, 0.05) is 5.56 Å². The highest BCUT2D eigenvalue weighted by Crippen LogP contribution is 2.34. The molecular weight excluding hydrogens is 301 g/mol. The molecule has 1 aromatic heterocycles. The molecule has 0 aliphatic carbocycles. The van der Waals surface area contributed by atoms with Crippen molar-refractivity contribution in [3.63, 3.8) is 0 Å². The van der Waals surface area contributed by atoms with E-state index in [9.17, 15) is 26.7 Å². The minimum atomic E-state index is -5.13. The topological polar surface area (TPSA) is 59.4 Å². The molecule has 1 N–H and O–H groups in total. The van der Waals surface area contributed by atoms with Crippen molar-refractivity contribution in [2.24, 2.45) is 0 Å². The summed E-state index contributed by atoms with van der Waals surface area (Å²) in [5, 5.41) is 7.63. The highest BCUT2D eigenvalue weighted by molar-refractivity contribution is 6.30. The Balaban J connectivity index is 3.24. The average molecular weight is 306 g/mol. The number of halogens is 6. The molecule has 4 nitrogen and oxygen atoms in total. The predicted molar refractivity (Wildman–Crippen MR) is 52.2 cm³/mol. The number of aromatic nitrogens is 1. The van der Waals surface area contributed by atoms with Crippen LogP contribution in [0.2, 0.25) is 5.15 Å². The Hall–Kier alpha value is -1.64. The van der Waals surface area contributed by atoms with E-state index in [1.54, 1.807) is 0 Å². The fourth-order valence-electron chi connectivity index (χ4n) is 1.19. The molecular formula is C9H5ClF5NO3. The summed E-state index contributed by atoms with van der Waals surface area (Å²) in [5.74, 6) is -2.59. The number of pyridine rings is 1. The fourth-order valence-corrected chi connectivity index (χ4v) is 1.39. The quantitative estimate of drug-likeness (QED) is 0.685. The Morgan fingerprint density at radius 3 is 2.47 bits per heavy atom. The summed E-state index contributed by atoms with van der Waals surface area (Å²) in [4.78, 5) is 13.6. The standard InChI is InChI=1S/C9H5ClF5NO3/c10-7-5(19-9(13,14)15)1-3(8(11)12)4(16-7)2-6(17)18/h1,8H,2H2,(H,17,18). The Morgan fingerprint density at radius 2 is 2.05 bits per heavy atom. The molecule has 19 heavy (non-hydrogen) atoms. The SMILES string of the molecule is O=C(O)Cc1nc(Cl)c(OC(F)(F)F)cc1C(F)F. The van der Waals surface area contributed by atoms with E-state index in [0.29, 0.717) is 6.07 Å². The maximum absolute atomic E-state index is 12.6. The molecule has 0 bridgehead atoms. The number of alkyl halides is 5. The number of hydrogen-bond donors (Lipinski definition) is 1. The molecule has 0 unspecified atom stereocenters. The molecule has 0 saturated heterocycles. The van der Waals surface area contributed by atoms with Gasteiger partial charge in [-0.05, 0) is 6.07 Å². The van der Waals surface area contributed by atoms with Crippen LogP contribution in [-0.4, -0.2) is 22.4 Å². The van der Waals surface area contributed by atoms with E-state index >= 15 is 0 Å². The molecule has 1 rings (SSSR count). The van der Waals surface area contributed by atoms with Crippen LogP contribution in [0.3, 0.4) is 0 Å². The highest BCUT2D eigenvalue weighted by Gasteiger charge is 2.33. The molecule has 0 amide bonds. The van der Waals surface area contributed by atoms with Gasteiger partial charge in [-0.1, -0.05) is 11.6 Å². The minimum Gasteiger partial charge on any atom is -0.481 e. The summed E-state index contributed by atoms with van der Waals surface area (Å²) >= 11 is 5.32. The van der Waals surface area contributed by atoms with Crippen LogP contribution >= 0.6 is 11.6 Å². The zero-order chi connectivity index (χ0) is 14.8. The lowest BCUT2D eigenvalue weighted by Gasteiger charge is -2.13. The lowest BCUT2D eigenvalue weighted by atomic mass is 10.1. The first-order valence-electron chi connectivity index (χ1n) is 4.55. The van der Waals surface area contributed by atoms with Crippen molar-refractivity contribution in [3.8, 4) is 5.75 Å². The maximum Gasteiger partial charge on any atom is 0.573 e. The fraction of sp³-hybridized carbons (Fsp3) is 0.333. The third kappa shape index (κ3) is 4.51. The highest BCUT2D eigenvalue weighted by atomic mass is 35.5. The Kier molecular flexibility index (Phi) is 4.51. The second kappa shape index (κ2) is 5.55. The average Bonchev–Trinajstić information content (AvgIpc) is 2.18. The van der Waals surface area contributed by atoms with Gasteiger partial charge >= 0.3 is 12.3 Å². The van der Waals surface area contributed by atoms with E-state index in [4.69, 9.17) is 16.7 Å². The molecule has 0 atom stereocenters. The van der Waals surface area contributed by atoms with Crippen LogP contribution in [0.4, 0.5) is 22.0 Å². The zero-order valence-corrected chi connectivity index (χ0v) is 9.60. The summed E-state index contributed by atoms with van der Waals surface area (Å²) in [6, 6.07) is 0.325. The lowest BCUT2D eigenvalue weighted by Crippen LogP contribution is -2.18. The van der Waals surface area contributed by atoms with Crippen LogP contribution in [0.1, 0.15) is 17.7 Å². The Bertz CT molecular complexity index is 491. The number of ether oxygens (including phenoxy) is 1. The van der Waals surface area contributed by atoms with Crippen LogP contribution in [0.15, 0.2) is 6.07 Å². The molecule has 1 aromatic rings. The number of carboxylic acid groups (broad SMARTS) is 1. The summed E-state index contributed by atoms with van der Waals surface area (Å²) in [7, 11) is 0. The van der Waals surface area contributed by atoms with E-state index in [-0.39, 0.29) is 0 Å². The van der Waals surface area contributed by atoms with Gasteiger partial charge in [0.05, 0.1) is 12.1 Å². The minimum absolute atomic E-state index is 0.325. The van der Waals surface area contributed by atoms with Crippen molar-refractivity contribution < 1.29 is 36.6 Å². The number of aliphatic carboxylic acids is 1. The van der Waals surface area contributed by atoms with Gasteiger partial charge in [0.25, 0.3) is 6.43 Å². The molecule has 0 saturated carbocycles. The van der Waals surface area contributed by atoms with Gasteiger partial charge in [0.1, 0.15) is 0 Å². The first-order valence-corrected chi connectivity index (χ1v) is 4.93.